The quantitative estimate of drug-likeness (QED) is 0.915. The summed E-state index contributed by atoms with van der Waals surface area (Å²) in [5, 5.41) is 4.02. The number of halogens is 2. The zero-order valence-corrected chi connectivity index (χ0v) is 14.3. The molecular weight excluding hydrogens is 307 g/mol. The van der Waals surface area contributed by atoms with Crippen LogP contribution in [0.4, 0.5) is 0 Å². The highest BCUT2D eigenvalue weighted by atomic mass is 35.5. The van der Waals surface area contributed by atoms with Crippen molar-refractivity contribution in [3.8, 4) is 0 Å². The number of aryl methyl sites for hydroxylation is 1. The number of carbonyl (C=O) groups is 1. The van der Waals surface area contributed by atoms with Crippen molar-refractivity contribution in [2.24, 2.45) is 5.92 Å². The van der Waals surface area contributed by atoms with Gasteiger partial charge in [0.2, 0.25) is 0 Å². The van der Waals surface area contributed by atoms with Crippen LogP contribution in [0.15, 0.2) is 18.2 Å². The number of nitrogens with one attached hydrogen (secondary N) is 1. The van der Waals surface area contributed by atoms with Gasteiger partial charge in [-0.25, -0.2) is 0 Å². The second kappa shape index (κ2) is 8.62. The Hall–Kier alpha value is -0.770. The van der Waals surface area contributed by atoms with Crippen LogP contribution in [0, 0.1) is 12.8 Å². The van der Waals surface area contributed by atoms with E-state index in [1.165, 1.54) is 0 Å². The molecule has 1 aromatic carbocycles. The van der Waals surface area contributed by atoms with Crippen molar-refractivity contribution in [1.29, 1.82) is 0 Å². The maximum atomic E-state index is 12.5. The first-order chi connectivity index (χ1) is 9.60. The highest BCUT2D eigenvalue weighted by molar-refractivity contribution is 6.31. The van der Waals surface area contributed by atoms with Gasteiger partial charge in [0.1, 0.15) is 0 Å². The number of amides is 1. The Morgan fingerprint density at radius 2 is 2.00 bits per heavy atom. The summed E-state index contributed by atoms with van der Waals surface area (Å²) in [5.41, 5.74) is 1.74. The van der Waals surface area contributed by atoms with Gasteiger partial charge < -0.3 is 10.2 Å². The fourth-order valence-electron chi connectivity index (χ4n) is 2.73. The van der Waals surface area contributed by atoms with Crippen LogP contribution in [-0.2, 0) is 0 Å². The van der Waals surface area contributed by atoms with E-state index in [1.54, 1.807) is 6.07 Å². The monoisotopic (exact) mass is 330 g/mol. The number of benzene rings is 1. The van der Waals surface area contributed by atoms with Crippen LogP contribution in [0.5, 0.6) is 0 Å². The maximum absolute atomic E-state index is 12.5. The first-order valence-electron chi connectivity index (χ1n) is 7.37. The van der Waals surface area contributed by atoms with Gasteiger partial charge in [-0.3, -0.25) is 4.79 Å². The van der Waals surface area contributed by atoms with Crippen molar-refractivity contribution < 1.29 is 4.79 Å². The lowest BCUT2D eigenvalue weighted by Gasteiger charge is -2.32. The number of likely N-dealkylation sites (tertiary alicyclic amines) is 1. The Balaban J connectivity index is 0.00000220. The number of carbonyl (C=O) groups excluding carboxylic acids is 1. The molecule has 2 rings (SSSR count). The Kier molecular flexibility index (Phi) is 7.50. The lowest BCUT2D eigenvalue weighted by molar-refractivity contribution is 0.0690. The van der Waals surface area contributed by atoms with Crippen molar-refractivity contribution >= 4 is 29.9 Å². The van der Waals surface area contributed by atoms with Gasteiger partial charge in [-0.05, 0) is 62.5 Å². The fraction of sp³-hybridized carbons (Fsp3) is 0.562. The zero-order chi connectivity index (χ0) is 14.5. The number of nitrogens with zero attached hydrogens (tertiary/aromatic N) is 1. The molecular formula is C16H24Cl2N2O. The van der Waals surface area contributed by atoms with E-state index in [-0.39, 0.29) is 18.3 Å². The highest BCUT2D eigenvalue weighted by Crippen LogP contribution is 2.21. The van der Waals surface area contributed by atoms with Crippen LogP contribution < -0.4 is 5.32 Å². The van der Waals surface area contributed by atoms with Gasteiger partial charge in [-0.2, -0.15) is 0 Å². The molecule has 1 aromatic rings. The van der Waals surface area contributed by atoms with Crippen molar-refractivity contribution in [1.82, 2.24) is 10.2 Å². The van der Waals surface area contributed by atoms with Gasteiger partial charge in [-0.1, -0.05) is 18.5 Å². The van der Waals surface area contributed by atoms with E-state index >= 15 is 0 Å². The van der Waals surface area contributed by atoms with E-state index < -0.39 is 0 Å². The minimum Gasteiger partial charge on any atom is -0.339 e. The molecule has 1 saturated heterocycles. The number of hydrogen-bond donors (Lipinski definition) is 1. The first kappa shape index (κ1) is 18.3. The summed E-state index contributed by atoms with van der Waals surface area (Å²) in [5.74, 6) is 0.803. The van der Waals surface area contributed by atoms with Gasteiger partial charge in [0.25, 0.3) is 5.91 Å². The van der Waals surface area contributed by atoms with Crippen LogP contribution in [0.1, 0.15) is 35.7 Å². The average Bonchev–Trinajstić information content (AvgIpc) is 2.44. The summed E-state index contributed by atoms with van der Waals surface area (Å²) in [6.45, 7) is 7.86. The molecule has 0 spiro atoms. The molecule has 1 aliphatic heterocycles. The molecule has 0 atom stereocenters. The fourth-order valence-corrected chi connectivity index (χ4v) is 3.02. The molecule has 0 unspecified atom stereocenters. The molecule has 1 amide bonds. The molecule has 3 nitrogen and oxygen atoms in total. The van der Waals surface area contributed by atoms with Gasteiger partial charge in [-0.15, -0.1) is 12.4 Å². The van der Waals surface area contributed by atoms with Crippen LogP contribution in [0.25, 0.3) is 0 Å². The van der Waals surface area contributed by atoms with Crippen LogP contribution >= 0.6 is 24.0 Å². The summed E-state index contributed by atoms with van der Waals surface area (Å²) < 4.78 is 0. The van der Waals surface area contributed by atoms with Gasteiger partial charge in [0, 0.05) is 23.7 Å². The van der Waals surface area contributed by atoms with E-state index in [0.717, 1.165) is 44.6 Å². The topological polar surface area (TPSA) is 32.3 Å². The van der Waals surface area contributed by atoms with E-state index in [2.05, 4.69) is 12.2 Å². The molecule has 1 fully saturated rings. The molecule has 1 aliphatic rings. The van der Waals surface area contributed by atoms with Crippen LogP contribution in [-0.4, -0.2) is 37.0 Å². The first-order valence-corrected chi connectivity index (χ1v) is 7.75. The van der Waals surface area contributed by atoms with Gasteiger partial charge in [0.15, 0.2) is 0 Å². The molecule has 21 heavy (non-hydrogen) atoms. The minimum atomic E-state index is 0. The Labute approximate surface area is 138 Å². The summed E-state index contributed by atoms with van der Waals surface area (Å²) in [6, 6.07) is 5.56. The summed E-state index contributed by atoms with van der Waals surface area (Å²) in [4.78, 5) is 14.4. The van der Waals surface area contributed by atoms with E-state index in [9.17, 15) is 4.79 Å². The SMILES string of the molecule is CCNCC1CCN(C(=O)c2cc(C)cc(Cl)c2)CC1.Cl. The summed E-state index contributed by atoms with van der Waals surface area (Å²) >= 11 is 6.03. The predicted octanol–water partition coefficient (Wildman–Crippen LogP) is 3.53. The molecule has 0 radical (unpaired) electrons. The Morgan fingerprint density at radius 1 is 1.33 bits per heavy atom. The molecule has 1 heterocycles. The van der Waals surface area contributed by atoms with E-state index in [0.29, 0.717) is 16.5 Å². The number of rotatable bonds is 4. The third-order valence-corrected chi connectivity index (χ3v) is 4.09. The third kappa shape index (κ3) is 5.17. The number of piperidine rings is 1. The Morgan fingerprint density at radius 3 is 2.57 bits per heavy atom. The predicted molar refractivity (Wildman–Crippen MR) is 90.6 cm³/mol. The Bertz CT molecular complexity index is 451. The summed E-state index contributed by atoms with van der Waals surface area (Å²) in [7, 11) is 0. The lowest BCUT2D eigenvalue weighted by atomic mass is 9.96. The van der Waals surface area contributed by atoms with Gasteiger partial charge >= 0.3 is 0 Å². The second-order valence-corrected chi connectivity index (χ2v) is 6.00. The normalized spacial score (nSPS) is 15.7. The van der Waals surface area contributed by atoms with Crippen molar-refractivity contribution in [2.45, 2.75) is 26.7 Å². The van der Waals surface area contributed by atoms with Gasteiger partial charge in [0.05, 0.1) is 0 Å². The molecule has 0 aliphatic carbocycles. The standard InChI is InChI=1S/C16H23ClN2O.ClH/c1-3-18-11-13-4-6-19(7-5-13)16(20)14-8-12(2)9-15(17)10-14;/h8-10,13,18H,3-7,11H2,1-2H3;1H. The minimum absolute atomic E-state index is 0. The van der Waals surface area contributed by atoms with E-state index in [4.69, 9.17) is 11.6 Å². The van der Waals surface area contributed by atoms with Crippen LogP contribution in [0.3, 0.4) is 0 Å². The average molecular weight is 331 g/mol. The van der Waals surface area contributed by atoms with Crippen molar-refractivity contribution in [2.75, 3.05) is 26.2 Å². The van der Waals surface area contributed by atoms with E-state index in [1.807, 2.05) is 24.0 Å². The van der Waals surface area contributed by atoms with Crippen molar-refractivity contribution in [3.05, 3.63) is 34.3 Å². The molecule has 118 valence electrons. The zero-order valence-electron chi connectivity index (χ0n) is 12.7. The molecule has 1 N–H and O–H groups in total. The summed E-state index contributed by atoms with van der Waals surface area (Å²) in [6.07, 6.45) is 2.16. The van der Waals surface area contributed by atoms with Crippen molar-refractivity contribution in [3.63, 3.8) is 0 Å². The smallest absolute Gasteiger partial charge is 0.253 e. The molecule has 0 aromatic heterocycles. The molecule has 0 bridgehead atoms. The second-order valence-electron chi connectivity index (χ2n) is 5.56. The van der Waals surface area contributed by atoms with Crippen LogP contribution in [0.2, 0.25) is 5.02 Å². The lowest BCUT2D eigenvalue weighted by Crippen LogP contribution is -2.40. The number of hydrogen-bond acceptors (Lipinski definition) is 2. The highest BCUT2D eigenvalue weighted by Gasteiger charge is 2.23. The largest absolute Gasteiger partial charge is 0.339 e. The third-order valence-electron chi connectivity index (χ3n) is 3.87. The molecule has 0 saturated carbocycles. The molecule has 5 heteroatoms. The maximum Gasteiger partial charge on any atom is 0.253 e.